The highest BCUT2D eigenvalue weighted by Gasteiger charge is 2.39. The quantitative estimate of drug-likeness (QED) is 0.159. The number of nitriles is 2. The summed E-state index contributed by atoms with van der Waals surface area (Å²) >= 11 is 0. The van der Waals surface area contributed by atoms with E-state index in [4.69, 9.17) is 0 Å². The van der Waals surface area contributed by atoms with Crippen molar-refractivity contribution in [3.05, 3.63) is 204 Å². The van der Waals surface area contributed by atoms with Crippen LogP contribution in [0.25, 0.3) is 72.0 Å². The van der Waals surface area contributed by atoms with Gasteiger partial charge in [0.05, 0.1) is 56.8 Å². The van der Waals surface area contributed by atoms with E-state index < -0.39 is 5.91 Å². The number of carbonyl (C=O) groups is 2. The second kappa shape index (κ2) is 13.8. The number of rotatable bonds is 6. The maximum absolute atomic E-state index is 15.0. The number of fused-ring (bicyclic) bond motifs is 4. The SMILES string of the molecule is N#Cc1ccc(-c2ccc3c4ccc(-c5ccc(C#N)cc5)cc4n(-c4cccc5c4C(=O)N(c4cc(-c6ccccc6)cc(-c6ccccc6)c4)C5=O)c3c2)cc1. The van der Waals surface area contributed by atoms with Crippen molar-refractivity contribution < 1.29 is 9.59 Å². The summed E-state index contributed by atoms with van der Waals surface area (Å²) in [5.41, 5.74) is 12.1. The molecule has 1 aliphatic heterocycles. The van der Waals surface area contributed by atoms with Crippen LogP contribution in [0.5, 0.6) is 0 Å². The second-order valence-corrected chi connectivity index (χ2v) is 14.3. The van der Waals surface area contributed by atoms with Crippen molar-refractivity contribution in [2.45, 2.75) is 0 Å². The van der Waals surface area contributed by atoms with Crippen LogP contribution in [0.4, 0.5) is 5.69 Å². The maximum atomic E-state index is 15.0. The number of amides is 2. The van der Waals surface area contributed by atoms with Crippen LogP contribution >= 0.6 is 0 Å². The monoisotopic (exact) mass is 742 g/mol. The van der Waals surface area contributed by atoms with Crippen molar-refractivity contribution in [1.82, 2.24) is 4.57 Å². The van der Waals surface area contributed by atoms with E-state index in [0.717, 1.165) is 66.3 Å². The molecule has 0 fully saturated rings. The minimum Gasteiger partial charge on any atom is -0.308 e. The molecule has 6 nitrogen and oxygen atoms in total. The Morgan fingerprint density at radius 3 is 1.34 bits per heavy atom. The summed E-state index contributed by atoms with van der Waals surface area (Å²) in [5.74, 6) is -0.787. The Kier molecular flexibility index (Phi) is 8.11. The Bertz CT molecular complexity index is 3030. The predicted octanol–water partition coefficient (Wildman–Crippen LogP) is 12.0. The molecule has 0 radical (unpaired) electrons. The van der Waals surface area contributed by atoms with Crippen molar-refractivity contribution in [3.8, 4) is 62.3 Å². The van der Waals surface area contributed by atoms with Crippen molar-refractivity contribution in [2.75, 3.05) is 4.90 Å². The molecule has 1 aliphatic rings. The van der Waals surface area contributed by atoms with Gasteiger partial charge in [-0.15, -0.1) is 0 Å². The van der Waals surface area contributed by atoms with E-state index in [1.807, 2.05) is 109 Å². The molecule has 0 N–H and O–H groups in total. The molecule has 58 heavy (non-hydrogen) atoms. The fourth-order valence-electron chi connectivity index (χ4n) is 8.13. The van der Waals surface area contributed by atoms with Gasteiger partial charge in [-0.3, -0.25) is 9.59 Å². The molecule has 2 heterocycles. The smallest absolute Gasteiger partial charge is 0.268 e. The van der Waals surface area contributed by atoms with Gasteiger partial charge in [0.15, 0.2) is 0 Å². The third-order valence-electron chi connectivity index (χ3n) is 11.0. The Morgan fingerprint density at radius 2 is 0.862 bits per heavy atom. The van der Waals surface area contributed by atoms with E-state index in [0.29, 0.717) is 33.6 Å². The number of carbonyl (C=O) groups excluding carboxylic acids is 2. The minimum atomic E-state index is -0.402. The molecule has 0 saturated carbocycles. The van der Waals surface area contributed by atoms with Gasteiger partial charge in [-0.1, -0.05) is 115 Å². The summed E-state index contributed by atoms with van der Waals surface area (Å²) < 4.78 is 2.09. The zero-order chi connectivity index (χ0) is 39.3. The molecule has 8 aromatic carbocycles. The summed E-state index contributed by atoms with van der Waals surface area (Å²) in [4.78, 5) is 30.9. The highest BCUT2D eigenvalue weighted by molar-refractivity contribution is 6.36. The molecule has 6 heteroatoms. The van der Waals surface area contributed by atoms with E-state index in [1.165, 1.54) is 4.90 Å². The van der Waals surface area contributed by atoms with Crippen LogP contribution in [0.15, 0.2) is 182 Å². The average Bonchev–Trinajstić information content (AvgIpc) is 3.75. The summed E-state index contributed by atoms with van der Waals surface area (Å²) in [6.45, 7) is 0. The number of benzene rings is 8. The molecular weight excluding hydrogens is 713 g/mol. The number of imide groups is 1. The zero-order valence-corrected chi connectivity index (χ0v) is 30.9. The summed E-state index contributed by atoms with van der Waals surface area (Å²) in [6, 6.07) is 63.2. The first kappa shape index (κ1) is 34.2. The van der Waals surface area contributed by atoms with Gasteiger partial charge >= 0.3 is 0 Å². The number of nitrogens with zero attached hydrogens (tertiary/aromatic N) is 4. The first-order valence-electron chi connectivity index (χ1n) is 18.9. The lowest BCUT2D eigenvalue weighted by Crippen LogP contribution is -2.29. The lowest BCUT2D eigenvalue weighted by molar-refractivity contribution is 0.0926. The van der Waals surface area contributed by atoms with Gasteiger partial charge in [0.1, 0.15) is 0 Å². The van der Waals surface area contributed by atoms with E-state index >= 15 is 4.79 Å². The van der Waals surface area contributed by atoms with Crippen LogP contribution in [0, 0.1) is 22.7 Å². The highest BCUT2D eigenvalue weighted by Crippen LogP contribution is 2.42. The van der Waals surface area contributed by atoms with E-state index in [2.05, 4.69) is 59.2 Å². The standard InChI is InChI=1S/C52H30N4O2/c53-31-33-14-18-37(19-15-33)39-22-24-44-45-25-23-40(38-20-16-34(32-54)17-21-38)30-49(45)56(48(44)29-39)47-13-7-12-46-50(47)52(58)55(51(46)57)43-27-41(35-8-3-1-4-9-35)26-42(28-43)36-10-5-2-6-11-36/h1-30H. The molecule has 0 bridgehead atoms. The highest BCUT2D eigenvalue weighted by atomic mass is 16.2. The molecule has 10 rings (SSSR count). The molecule has 0 aliphatic carbocycles. The molecule has 9 aromatic rings. The Morgan fingerprint density at radius 1 is 0.397 bits per heavy atom. The third kappa shape index (κ3) is 5.64. The Balaban J connectivity index is 1.18. The van der Waals surface area contributed by atoms with Gasteiger partial charge in [0, 0.05) is 10.8 Å². The van der Waals surface area contributed by atoms with Crippen molar-refractivity contribution in [1.29, 1.82) is 10.5 Å². The fourth-order valence-corrected chi connectivity index (χ4v) is 8.13. The number of aromatic nitrogens is 1. The zero-order valence-electron chi connectivity index (χ0n) is 30.9. The van der Waals surface area contributed by atoms with E-state index in [1.54, 1.807) is 30.3 Å². The Hall–Kier alpha value is -8.32. The Labute approximate surface area is 334 Å². The van der Waals surface area contributed by atoms with Crippen molar-refractivity contribution in [2.24, 2.45) is 0 Å². The normalized spacial score (nSPS) is 12.1. The van der Waals surface area contributed by atoms with Gasteiger partial charge in [0.2, 0.25) is 0 Å². The van der Waals surface area contributed by atoms with Gasteiger partial charge < -0.3 is 4.57 Å². The molecule has 0 unspecified atom stereocenters. The molecule has 0 saturated heterocycles. The molecule has 0 spiro atoms. The summed E-state index contributed by atoms with van der Waals surface area (Å²) in [7, 11) is 0. The van der Waals surface area contributed by atoms with Crippen LogP contribution in [0.1, 0.15) is 31.8 Å². The first-order valence-corrected chi connectivity index (χ1v) is 18.9. The molecule has 270 valence electrons. The van der Waals surface area contributed by atoms with Crippen LogP contribution < -0.4 is 4.90 Å². The van der Waals surface area contributed by atoms with Crippen LogP contribution in [-0.2, 0) is 0 Å². The number of hydrogen-bond acceptors (Lipinski definition) is 4. The summed E-state index contributed by atoms with van der Waals surface area (Å²) in [6.07, 6.45) is 0. The largest absolute Gasteiger partial charge is 0.308 e. The topological polar surface area (TPSA) is 89.9 Å². The lowest BCUT2D eigenvalue weighted by atomic mass is 9.97. The molecule has 0 atom stereocenters. The second-order valence-electron chi connectivity index (χ2n) is 14.3. The van der Waals surface area contributed by atoms with Crippen LogP contribution in [0.2, 0.25) is 0 Å². The molecular formula is C52H30N4O2. The van der Waals surface area contributed by atoms with Crippen molar-refractivity contribution in [3.63, 3.8) is 0 Å². The van der Waals surface area contributed by atoms with E-state index in [-0.39, 0.29) is 5.91 Å². The average molecular weight is 743 g/mol. The minimum absolute atomic E-state index is 0.324. The lowest BCUT2D eigenvalue weighted by Gasteiger charge is -2.18. The van der Waals surface area contributed by atoms with E-state index in [9.17, 15) is 15.3 Å². The van der Waals surface area contributed by atoms with Gasteiger partial charge in [-0.05, 0) is 111 Å². The van der Waals surface area contributed by atoms with Crippen molar-refractivity contribution >= 4 is 39.3 Å². The fraction of sp³-hybridized carbons (Fsp3) is 0. The van der Waals surface area contributed by atoms with Crippen LogP contribution in [0.3, 0.4) is 0 Å². The maximum Gasteiger partial charge on any atom is 0.268 e. The number of anilines is 1. The van der Waals surface area contributed by atoms with Gasteiger partial charge in [0.25, 0.3) is 11.8 Å². The molecule has 2 amide bonds. The number of hydrogen-bond donors (Lipinski definition) is 0. The van der Waals surface area contributed by atoms with Crippen LogP contribution in [-0.4, -0.2) is 16.4 Å². The van der Waals surface area contributed by atoms with Gasteiger partial charge in [-0.25, -0.2) is 4.90 Å². The summed E-state index contributed by atoms with van der Waals surface area (Å²) in [5, 5.41) is 20.8. The van der Waals surface area contributed by atoms with Gasteiger partial charge in [-0.2, -0.15) is 10.5 Å². The predicted molar refractivity (Wildman–Crippen MR) is 230 cm³/mol. The molecule has 1 aromatic heterocycles. The third-order valence-corrected chi connectivity index (χ3v) is 11.0. The first-order chi connectivity index (χ1) is 28.5.